The van der Waals surface area contributed by atoms with Gasteiger partial charge >= 0.3 is 0 Å². The Bertz CT molecular complexity index is 743. The molecule has 0 aromatic heterocycles. The van der Waals surface area contributed by atoms with Crippen LogP contribution in [0.25, 0.3) is 10.8 Å². The zero-order valence-corrected chi connectivity index (χ0v) is 12.6. The van der Waals surface area contributed by atoms with Gasteiger partial charge in [0.25, 0.3) is 0 Å². The Hall–Kier alpha value is -2.28. The minimum absolute atomic E-state index is 0.533. The summed E-state index contributed by atoms with van der Waals surface area (Å²) >= 11 is 0. The number of rotatable bonds is 4. The lowest BCUT2D eigenvalue weighted by Gasteiger charge is -2.14. The highest BCUT2D eigenvalue weighted by Crippen LogP contribution is 2.24. The van der Waals surface area contributed by atoms with Crippen LogP contribution in [0.2, 0.25) is 0 Å². The molecule has 0 saturated carbocycles. The minimum atomic E-state index is 0.533. The molecule has 0 unspecified atom stereocenters. The summed E-state index contributed by atoms with van der Waals surface area (Å²) in [5.74, 6) is 0.533. The summed E-state index contributed by atoms with van der Waals surface area (Å²) in [5.41, 5.74) is 3.92. The van der Waals surface area contributed by atoms with Gasteiger partial charge in [0.15, 0.2) is 0 Å². The Morgan fingerprint density at radius 1 is 0.810 bits per heavy atom. The van der Waals surface area contributed by atoms with Crippen molar-refractivity contribution in [2.24, 2.45) is 0 Å². The summed E-state index contributed by atoms with van der Waals surface area (Å²) in [7, 11) is 0. The van der Waals surface area contributed by atoms with Crippen LogP contribution in [0.15, 0.2) is 66.7 Å². The second kappa shape index (κ2) is 6.01. The van der Waals surface area contributed by atoms with E-state index in [-0.39, 0.29) is 0 Å². The first-order valence-corrected chi connectivity index (χ1v) is 7.54. The number of para-hydroxylation sites is 1. The van der Waals surface area contributed by atoms with E-state index in [2.05, 4.69) is 85.9 Å². The summed E-state index contributed by atoms with van der Waals surface area (Å²) in [6, 6.07) is 23.7. The molecule has 0 aliphatic rings. The van der Waals surface area contributed by atoms with Crippen LogP contribution in [0, 0.1) is 0 Å². The highest BCUT2D eigenvalue weighted by molar-refractivity contribution is 5.83. The highest BCUT2D eigenvalue weighted by Gasteiger charge is 2.05. The van der Waals surface area contributed by atoms with Gasteiger partial charge in [0.2, 0.25) is 0 Å². The van der Waals surface area contributed by atoms with Crippen molar-refractivity contribution in [1.82, 2.24) is 0 Å². The molecule has 3 aromatic rings. The SMILES string of the molecule is CC(C)c1ccccc1NCc1ccc2ccccc2c1. The molecule has 3 aromatic carbocycles. The van der Waals surface area contributed by atoms with Gasteiger partial charge in [0.05, 0.1) is 0 Å². The molecule has 1 heteroatoms. The van der Waals surface area contributed by atoms with E-state index in [1.807, 2.05) is 0 Å². The normalized spacial score (nSPS) is 11.0. The molecule has 0 radical (unpaired) electrons. The predicted octanol–water partition coefficient (Wildman–Crippen LogP) is 5.58. The van der Waals surface area contributed by atoms with E-state index in [0.29, 0.717) is 5.92 Å². The number of fused-ring (bicyclic) bond motifs is 1. The molecule has 1 nitrogen and oxygen atoms in total. The van der Waals surface area contributed by atoms with E-state index in [4.69, 9.17) is 0 Å². The van der Waals surface area contributed by atoms with Gasteiger partial charge in [-0.05, 0) is 39.9 Å². The van der Waals surface area contributed by atoms with Gasteiger partial charge in [-0.3, -0.25) is 0 Å². The van der Waals surface area contributed by atoms with E-state index < -0.39 is 0 Å². The van der Waals surface area contributed by atoms with Gasteiger partial charge in [-0.1, -0.05) is 68.4 Å². The van der Waals surface area contributed by atoms with Gasteiger partial charge in [-0.2, -0.15) is 0 Å². The predicted molar refractivity (Wildman–Crippen MR) is 91.8 cm³/mol. The molecule has 0 amide bonds. The third-order valence-corrected chi connectivity index (χ3v) is 3.88. The van der Waals surface area contributed by atoms with Crippen LogP contribution in [0.3, 0.4) is 0 Å². The van der Waals surface area contributed by atoms with Gasteiger partial charge in [-0.15, -0.1) is 0 Å². The number of hydrogen-bond donors (Lipinski definition) is 1. The van der Waals surface area contributed by atoms with E-state index in [1.165, 1.54) is 27.6 Å². The fourth-order valence-corrected chi connectivity index (χ4v) is 2.71. The Kier molecular flexibility index (Phi) is 3.92. The Labute approximate surface area is 126 Å². The maximum atomic E-state index is 3.58. The summed E-state index contributed by atoms with van der Waals surface area (Å²) in [6.45, 7) is 5.32. The smallest absolute Gasteiger partial charge is 0.0401 e. The van der Waals surface area contributed by atoms with E-state index in [9.17, 15) is 0 Å². The summed E-state index contributed by atoms with van der Waals surface area (Å²) in [6.07, 6.45) is 0. The second-order valence-electron chi connectivity index (χ2n) is 5.78. The number of benzene rings is 3. The molecule has 0 fully saturated rings. The fraction of sp³-hybridized carbons (Fsp3) is 0.200. The van der Waals surface area contributed by atoms with Crippen molar-refractivity contribution in [3.05, 3.63) is 77.9 Å². The molecule has 0 spiro atoms. The standard InChI is InChI=1S/C20H21N/c1-15(2)19-9-5-6-10-20(19)21-14-16-11-12-17-7-3-4-8-18(17)13-16/h3-13,15,21H,14H2,1-2H3. The highest BCUT2D eigenvalue weighted by atomic mass is 14.9. The third-order valence-electron chi connectivity index (χ3n) is 3.88. The van der Waals surface area contributed by atoms with Gasteiger partial charge < -0.3 is 5.32 Å². The van der Waals surface area contributed by atoms with Crippen molar-refractivity contribution in [1.29, 1.82) is 0 Å². The van der Waals surface area contributed by atoms with E-state index in [0.717, 1.165) is 6.54 Å². The Morgan fingerprint density at radius 3 is 2.33 bits per heavy atom. The van der Waals surface area contributed by atoms with Crippen LogP contribution in [-0.4, -0.2) is 0 Å². The largest absolute Gasteiger partial charge is 0.381 e. The first kappa shape index (κ1) is 13.7. The Balaban J connectivity index is 1.80. The second-order valence-corrected chi connectivity index (χ2v) is 5.78. The zero-order valence-electron chi connectivity index (χ0n) is 12.6. The van der Waals surface area contributed by atoms with Gasteiger partial charge in [0, 0.05) is 12.2 Å². The molecule has 106 valence electrons. The van der Waals surface area contributed by atoms with Crippen LogP contribution in [0.1, 0.15) is 30.9 Å². The summed E-state index contributed by atoms with van der Waals surface area (Å²) in [4.78, 5) is 0. The minimum Gasteiger partial charge on any atom is -0.381 e. The van der Waals surface area contributed by atoms with Crippen molar-refractivity contribution in [2.45, 2.75) is 26.3 Å². The van der Waals surface area contributed by atoms with Crippen LogP contribution in [0.4, 0.5) is 5.69 Å². The van der Waals surface area contributed by atoms with E-state index >= 15 is 0 Å². The molecular weight excluding hydrogens is 254 g/mol. The molecule has 1 N–H and O–H groups in total. The monoisotopic (exact) mass is 275 g/mol. The van der Waals surface area contributed by atoms with E-state index in [1.54, 1.807) is 0 Å². The molecule has 0 bridgehead atoms. The number of nitrogens with one attached hydrogen (secondary N) is 1. The fourth-order valence-electron chi connectivity index (χ4n) is 2.71. The maximum absolute atomic E-state index is 3.58. The maximum Gasteiger partial charge on any atom is 0.0401 e. The van der Waals surface area contributed by atoms with Crippen LogP contribution < -0.4 is 5.32 Å². The van der Waals surface area contributed by atoms with Gasteiger partial charge in [-0.25, -0.2) is 0 Å². The molecule has 0 aliphatic carbocycles. The topological polar surface area (TPSA) is 12.0 Å². The number of hydrogen-bond acceptors (Lipinski definition) is 1. The van der Waals surface area contributed by atoms with Gasteiger partial charge in [0.1, 0.15) is 0 Å². The zero-order chi connectivity index (χ0) is 14.7. The van der Waals surface area contributed by atoms with Crippen LogP contribution in [0.5, 0.6) is 0 Å². The molecule has 0 aliphatic heterocycles. The lowest BCUT2D eigenvalue weighted by Crippen LogP contribution is -2.03. The molecular formula is C20H21N. The van der Waals surface area contributed by atoms with Crippen molar-refractivity contribution in [3.63, 3.8) is 0 Å². The molecule has 0 saturated heterocycles. The van der Waals surface area contributed by atoms with Crippen molar-refractivity contribution < 1.29 is 0 Å². The average Bonchev–Trinajstić information content (AvgIpc) is 2.53. The first-order chi connectivity index (χ1) is 10.2. The lowest BCUT2D eigenvalue weighted by atomic mass is 10.0. The van der Waals surface area contributed by atoms with Crippen molar-refractivity contribution in [2.75, 3.05) is 5.32 Å². The third kappa shape index (κ3) is 3.08. The van der Waals surface area contributed by atoms with Crippen LogP contribution >= 0.6 is 0 Å². The van der Waals surface area contributed by atoms with Crippen molar-refractivity contribution >= 4 is 16.5 Å². The van der Waals surface area contributed by atoms with Crippen molar-refractivity contribution in [3.8, 4) is 0 Å². The lowest BCUT2D eigenvalue weighted by molar-refractivity contribution is 0.865. The first-order valence-electron chi connectivity index (χ1n) is 7.54. The molecule has 0 atom stereocenters. The molecule has 3 rings (SSSR count). The average molecular weight is 275 g/mol. The molecule has 0 heterocycles. The quantitative estimate of drug-likeness (QED) is 0.656. The Morgan fingerprint density at radius 2 is 1.52 bits per heavy atom. The number of anilines is 1. The summed E-state index contributed by atoms with van der Waals surface area (Å²) in [5, 5.41) is 6.17. The van der Waals surface area contributed by atoms with Crippen LogP contribution in [-0.2, 0) is 6.54 Å². The molecule has 21 heavy (non-hydrogen) atoms. The summed E-state index contributed by atoms with van der Waals surface area (Å²) < 4.78 is 0.